The van der Waals surface area contributed by atoms with Gasteiger partial charge in [-0.2, -0.15) is 0 Å². The van der Waals surface area contributed by atoms with Gasteiger partial charge in [0.1, 0.15) is 11.2 Å². The Kier molecular flexibility index (Phi) is 5.90. The second-order valence-corrected chi connectivity index (χ2v) is 15.8. The number of anilines is 3. The van der Waals surface area contributed by atoms with Crippen LogP contribution in [0.15, 0.2) is 126 Å². The van der Waals surface area contributed by atoms with Gasteiger partial charge in [0.05, 0.1) is 16.8 Å². The molecule has 0 saturated heterocycles. The van der Waals surface area contributed by atoms with Crippen LogP contribution in [0.1, 0.15) is 76.3 Å². The smallest absolute Gasteiger partial charge is 0.137 e. The summed E-state index contributed by atoms with van der Waals surface area (Å²) in [7, 11) is 0. The maximum Gasteiger partial charge on any atom is 0.137 e. The molecule has 7 aromatic rings. The minimum absolute atomic E-state index is 0.0710. The topological polar surface area (TPSA) is 16.4 Å². The standard InChI is InChI=1S/C46H41NO/c1-44(2,3)28-22-24-32-36(26-28)46(6,7)35-17-12-18-38(42(32)35)47(39-19-13-21-41-43(39)33-15-9-11-20-40(33)48-41)29-23-25-31-30-14-8-10-16-34(30)45(4,5)37(31)27-29/h8-27H,1-7H3. The molecule has 0 unspecified atom stereocenters. The van der Waals surface area contributed by atoms with Crippen molar-refractivity contribution in [3.8, 4) is 22.3 Å². The van der Waals surface area contributed by atoms with Gasteiger partial charge in [-0.05, 0) is 86.3 Å². The molecule has 2 aliphatic rings. The maximum absolute atomic E-state index is 6.46. The predicted molar refractivity (Wildman–Crippen MR) is 202 cm³/mol. The molecule has 0 atom stereocenters. The number of hydrogen-bond acceptors (Lipinski definition) is 2. The number of nitrogens with zero attached hydrogens (tertiary/aromatic N) is 1. The average molecular weight is 624 g/mol. The fraction of sp³-hybridized carbons (Fsp3) is 0.217. The average Bonchev–Trinajstić information content (AvgIpc) is 3.65. The third kappa shape index (κ3) is 3.92. The van der Waals surface area contributed by atoms with E-state index < -0.39 is 0 Å². The van der Waals surface area contributed by atoms with Crippen molar-refractivity contribution in [3.05, 3.63) is 149 Å². The Morgan fingerprint density at radius 2 is 1.15 bits per heavy atom. The minimum Gasteiger partial charge on any atom is -0.456 e. The summed E-state index contributed by atoms with van der Waals surface area (Å²) >= 11 is 0. The highest BCUT2D eigenvalue weighted by atomic mass is 16.3. The molecule has 6 aromatic carbocycles. The highest BCUT2D eigenvalue weighted by Gasteiger charge is 2.40. The van der Waals surface area contributed by atoms with Crippen LogP contribution in [0.25, 0.3) is 44.2 Å². The van der Waals surface area contributed by atoms with Crippen molar-refractivity contribution in [1.29, 1.82) is 0 Å². The zero-order valence-corrected chi connectivity index (χ0v) is 28.9. The first-order chi connectivity index (χ1) is 23.0. The first-order valence-corrected chi connectivity index (χ1v) is 17.2. The van der Waals surface area contributed by atoms with Crippen molar-refractivity contribution in [3.63, 3.8) is 0 Å². The van der Waals surface area contributed by atoms with Crippen molar-refractivity contribution in [1.82, 2.24) is 0 Å². The van der Waals surface area contributed by atoms with E-state index in [-0.39, 0.29) is 16.2 Å². The number of hydrogen-bond donors (Lipinski definition) is 0. The van der Waals surface area contributed by atoms with E-state index in [1.807, 2.05) is 0 Å². The number of furan rings is 1. The molecule has 2 aliphatic carbocycles. The Hall–Kier alpha value is -5.08. The number of para-hydroxylation sites is 1. The van der Waals surface area contributed by atoms with Crippen molar-refractivity contribution in [2.45, 2.75) is 64.7 Å². The van der Waals surface area contributed by atoms with Crippen LogP contribution in [0.4, 0.5) is 17.1 Å². The normalized spacial score (nSPS) is 15.3. The van der Waals surface area contributed by atoms with E-state index in [1.165, 1.54) is 55.8 Å². The summed E-state index contributed by atoms with van der Waals surface area (Å²) in [5, 5.41) is 2.26. The molecule has 2 nitrogen and oxygen atoms in total. The lowest BCUT2D eigenvalue weighted by molar-refractivity contribution is 0.584. The molecule has 48 heavy (non-hydrogen) atoms. The van der Waals surface area contributed by atoms with Gasteiger partial charge >= 0.3 is 0 Å². The van der Waals surface area contributed by atoms with E-state index in [2.05, 4.69) is 175 Å². The quantitative estimate of drug-likeness (QED) is 0.195. The zero-order chi connectivity index (χ0) is 33.2. The molecule has 2 heteroatoms. The highest BCUT2D eigenvalue weighted by molar-refractivity contribution is 6.14. The monoisotopic (exact) mass is 623 g/mol. The first kappa shape index (κ1) is 29.1. The lowest BCUT2D eigenvalue weighted by Gasteiger charge is -2.31. The van der Waals surface area contributed by atoms with Crippen LogP contribution in [0.2, 0.25) is 0 Å². The van der Waals surface area contributed by atoms with Gasteiger partial charge in [0, 0.05) is 27.5 Å². The van der Waals surface area contributed by atoms with Crippen LogP contribution in [0, 0.1) is 0 Å². The van der Waals surface area contributed by atoms with Gasteiger partial charge in [0.25, 0.3) is 0 Å². The van der Waals surface area contributed by atoms with Crippen LogP contribution in [-0.2, 0) is 16.2 Å². The van der Waals surface area contributed by atoms with E-state index in [9.17, 15) is 0 Å². The van der Waals surface area contributed by atoms with Crippen LogP contribution < -0.4 is 4.90 Å². The molecule has 0 aliphatic heterocycles. The lowest BCUT2D eigenvalue weighted by Crippen LogP contribution is -2.18. The van der Waals surface area contributed by atoms with E-state index in [0.29, 0.717) is 0 Å². The van der Waals surface area contributed by atoms with Crippen molar-refractivity contribution < 1.29 is 4.42 Å². The van der Waals surface area contributed by atoms with Gasteiger partial charge in [0.15, 0.2) is 0 Å². The van der Waals surface area contributed by atoms with Crippen molar-refractivity contribution >= 4 is 39.0 Å². The third-order valence-electron chi connectivity index (χ3n) is 11.2. The van der Waals surface area contributed by atoms with Gasteiger partial charge in [-0.3, -0.25) is 0 Å². The Bertz CT molecular complexity index is 2450. The van der Waals surface area contributed by atoms with Crippen LogP contribution in [0.5, 0.6) is 0 Å². The first-order valence-electron chi connectivity index (χ1n) is 17.2. The second-order valence-electron chi connectivity index (χ2n) is 15.8. The third-order valence-corrected chi connectivity index (χ3v) is 11.2. The fourth-order valence-electron chi connectivity index (χ4n) is 8.60. The minimum atomic E-state index is -0.135. The largest absolute Gasteiger partial charge is 0.456 e. The molecule has 0 fully saturated rings. The molecule has 0 amide bonds. The van der Waals surface area contributed by atoms with E-state index in [0.717, 1.165) is 33.3 Å². The van der Waals surface area contributed by atoms with E-state index >= 15 is 0 Å². The molecular weight excluding hydrogens is 583 g/mol. The zero-order valence-electron chi connectivity index (χ0n) is 28.9. The summed E-state index contributed by atoms with van der Waals surface area (Å²) in [6, 6.07) is 45.0. The van der Waals surface area contributed by atoms with Crippen molar-refractivity contribution in [2.24, 2.45) is 0 Å². The Balaban J connectivity index is 1.36. The summed E-state index contributed by atoms with van der Waals surface area (Å²) in [6.45, 7) is 16.4. The van der Waals surface area contributed by atoms with Crippen LogP contribution in [-0.4, -0.2) is 0 Å². The number of benzene rings is 6. The number of fused-ring (bicyclic) bond motifs is 9. The van der Waals surface area contributed by atoms with Crippen LogP contribution >= 0.6 is 0 Å². The summed E-state index contributed by atoms with van der Waals surface area (Å²) in [5.74, 6) is 0. The van der Waals surface area contributed by atoms with Crippen LogP contribution in [0.3, 0.4) is 0 Å². The summed E-state index contributed by atoms with van der Waals surface area (Å²) < 4.78 is 6.46. The van der Waals surface area contributed by atoms with Gasteiger partial charge in [-0.1, -0.05) is 133 Å². The molecule has 9 rings (SSSR count). The van der Waals surface area contributed by atoms with Gasteiger partial charge in [0.2, 0.25) is 0 Å². The molecule has 236 valence electrons. The maximum atomic E-state index is 6.46. The molecule has 0 spiro atoms. The second kappa shape index (κ2) is 9.73. The molecule has 1 heterocycles. The number of rotatable bonds is 3. The Labute approximate surface area is 283 Å². The Morgan fingerprint density at radius 3 is 1.98 bits per heavy atom. The van der Waals surface area contributed by atoms with Gasteiger partial charge in [-0.25, -0.2) is 0 Å². The van der Waals surface area contributed by atoms with Crippen molar-refractivity contribution in [2.75, 3.05) is 4.90 Å². The van der Waals surface area contributed by atoms with E-state index in [4.69, 9.17) is 4.42 Å². The predicted octanol–water partition coefficient (Wildman–Crippen LogP) is 13.0. The molecular formula is C46H41NO. The molecule has 1 aromatic heterocycles. The molecule has 0 radical (unpaired) electrons. The van der Waals surface area contributed by atoms with Gasteiger partial charge in [-0.15, -0.1) is 0 Å². The summed E-state index contributed by atoms with van der Waals surface area (Å²) in [4.78, 5) is 2.51. The fourth-order valence-corrected chi connectivity index (χ4v) is 8.60. The summed E-state index contributed by atoms with van der Waals surface area (Å²) in [5.41, 5.74) is 17.3. The lowest BCUT2D eigenvalue weighted by atomic mass is 9.79. The molecule has 0 saturated carbocycles. The highest BCUT2D eigenvalue weighted by Crippen LogP contribution is 2.57. The molecule has 0 N–H and O–H groups in total. The molecule has 0 bridgehead atoms. The van der Waals surface area contributed by atoms with E-state index in [1.54, 1.807) is 0 Å². The Morgan fingerprint density at radius 1 is 0.521 bits per heavy atom. The van der Waals surface area contributed by atoms with Gasteiger partial charge < -0.3 is 9.32 Å². The SMILES string of the molecule is CC(C)(C)c1ccc2c(c1)C(C)(C)c1cccc(N(c3ccc4c(c3)C(C)(C)c3ccccc3-4)c3cccc4oc5ccccc5c34)c1-2. The summed E-state index contributed by atoms with van der Waals surface area (Å²) in [6.07, 6.45) is 0.